The number of hydrogen-bond donors (Lipinski definition) is 3. The number of carbonyl (C=O) groups is 2. The van der Waals surface area contributed by atoms with Gasteiger partial charge in [0.25, 0.3) is 0 Å². The lowest BCUT2D eigenvalue weighted by atomic mass is 10.1. The Morgan fingerprint density at radius 1 is 0.955 bits per heavy atom. The number of rotatable bonds is 10. The molecule has 3 N–H and O–H groups in total. The zero-order valence-corrected chi connectivity index (χ0v) is 12.6. The molecule has 0 bridgehead atoms. The van der Waals surface area contributed by atoms with Gasteiger partial charge in [-0.05, 0) is 43.4 Å². The monoisotopic (exact) mass is 310 g/mol. The van der Waals surface area contributed by atoms with Gasteiger partial charge >= 0.3 is 12.0 Å². The van der Waals surface area contributed by atoms with Crippen molar-refractivity contribution < 1.29 is 19.1 Å². The highest BCUT2D eigenvalue weighted by Crippen LogP contribution is 2.07. The van der Waals surface area contributed by atoms with Crippen molar-refractivity contribution in [3.8, 4) is 0 Å². The van der Waals surface area contributed by atoms with Crippen LogP contribution in [0.3, 0.4) is 0 Å². The normalized spacial score (nSPS) is 10.2. The van der Waals surface area contributed by atoms with E-state index in [-0.39, 0.29) is 18.3 Å². The zero-order chi connectivity index (χ0) is 16.2. The van der Waals surface area contributed by atoms with Gasteiger partial charge in [-0.3, -0.25) is 4.79 Å². The molecule has 0 heterocycles. The number of halogens is 1. The first-order valence-corrected chi connectivity index (χ1v) is 7.56. The van der Waals surface area contributed by atoms with Crippen molar-refractivity contribution in [3.63, 3.8) is 0 Å². The van der Waals surface area contributed by atoms with Crippen LogP contribution >= 0.6 is 0 Å². The molecule has 0 spiro atoms. The van der Waals surface area contributed by atoms with Crippen molar-refractivity contribution in [3.05, 3.63) is 35.6 Å². The Morgan fingerprint density at radius 3 is 2.23 bits per heavy atom. The second-order valence-corrected chi connectivity index (χ2v) is 5.12. The Kier molecular flexibility index (Phi) is 8.64. The molecule has 1 aromatic rings. The lowest BCUT2D eigenvalue weighted by molar-refractivity contribution is -0.137. The van der Waals surface area contributed by atoms with E-state index in [1.54, 1.807) is 12.1 Å². The molecule has 1 rings (SSSR count). The number of hydrogen-bond acceptors (Lipinski definition) is 2. The zero-order valence-electron chi connectivity index (χ0n) is 12.6. The maximum atomic E-state index is 12.7. The summed E-state index contributed by atoms with van der Waals surface area (Å²) in [6.07, 6.45) is 4.25. The molecule has 0 saturated carbocycles. The maximum Gasteiger partial charge on any atom is 0.314 e. The summed E-state index contributed by atoms with van der Waals surface area (Å²) < 4.78 is 12.7. The molecule has 5 nitrogen and oxygen atoms in total. The van der Waals surface area contributed by atoms with Gasteiger partial charge in [0.05, 0.1) is 0 Å². The molecule has 0 aromatic heterocycles. The lowest BCUT2D eigenvalue weighted by Crippen LogP contribution is -2.36. The largest absolute Gasteiger partial charge is 0.481 e. The molecule has 22 heavy (non-hydrogen) atoms. The van der Waals surface area contributed by atoms with Crippen molar-refractivity contribution in [1.29, 1.82) is 0 Å². The number of carboxylic acid groups (broad SMARTS) is 1. The minimum absolute atomic E-state index is 0.0592. The summed E-state index contributed by atoms with van der Waals surface area (Å²) in [6.45, 7) is 0.955. The molecular formula is C16H23FN2O3. The van der Waals surface area contributed by atoms with E-state index in [1.165, 1.54) is 12.1 Å². The second-order valence-electron chi connectivity index (χ2n) is 5.12. The number of urea groups is 1. The molecule has 0 unspecified atom stereocenters. The van der Waals surface area contributed by atoms with Gasteiger partial charge in [0.15, 0.2) is 0 Å². The van der Waals surface area contributed by atoms with Crippen LogP contribution in [0.5, 0.6) is 0 Å². The quantitative estimate of drug-likeness (QED) is 0.581. The first-order valence-electron chi connectivity index (χ1n) is 7.56. The van der Waals surface area contributed by atoms with Crippen LogP contribution in [0.1, 0.15) is 37.7 Å². The number of nitrogens with one attached hydrogen (secondary N) is 2. The smallest absolute Gasteiger partial charge is 0.314 e. The van der Waals surface area contributed by atoms with Crippen LogP contribution in [0.15, 0.2) is 24.3 Å². The van der Waals surface area contributed by atoms with Crippen molar-refractivity contribution in [1.82, 2.24) is 10.6 Å². The molecule has 0 aliphatic carbocycles. The number of carboxylic acids is 1. The topological polar surface area (TPSA) is 78.4 Å². The van der Waals surface area contributed by atoms with Crippen molar-refractivity contribution in [2.24, 2.45) is 0 Å². The number of benzene rings is 1. The fraction of sp³-hybridized carbons (Fsp3) is 0.500. The van der Waals surface area contributed by atoms with Crippen LogP contribution in [0.4, 0.5) is 9.18 Å². The number of aliphatic carboxylic acids is 1. The molecule has 0 aliphatic heterocycles. The van der Waals surface area contributed by atoms with Crippen LogP contribution in [-0.4, -0.2) is 30.2 Å². The molecule has 0 radical (unpaired) electrons. The molecule has 0 aliphatic rings. The number of amides is 2. The average molecular weight is 310 g/mol. The first-order chi connectivity index (χ1) is 10.6. The predicted molar refractivity (Wildman–Crippen MR) is 82.2 cm³/mol. The van der Waals surface area contributed by atoms with Crippen molar-refractivity contribution >= 4 is 12.0 Å². The van der Waals surface area contributed by atoms with E-state index in [0.29, 0.717) is 19.5 Å². The summed E-state index contributed by atoms with van der Waals surface area (Å²) in [4.78, 5) is 21.7. The van der Waals surface area contributed by atoms with Crippen LogP contribution < -0.4 is 10.6 Å². The summed E-state index contributed by atoms with van der Waals surface area (Å²) in [5.41, 5.74) is 1.12. The van der Waals surface area contributed by atoms with Crippen LogP contribution in [-0.2, 0) is 11.2 Å². The van der Waals surface area contributed by atoms with Gasteiger partial charge in [-0.15, -0.1) is 0 Å². The van der Waals surface area contributed by atoms with E-state index >= 15 is 0 Å². The summed E-state index contributed by atoms with van der Waals surface area (Å²) >= 11 is 0. The predicted octanol–water partition coefficient (Wildman–Crippen LogP) is 2.70. The Bertz CT molecular complexity index is 463. The number of aryl methyl sites for hydroxylation is 1. The Labute approximate surface area is 129 Å². The Hall–Kier alpha value is -2.11. The van der Waals surface area contributed by atoms with Crippen LogP contribution in [0.25, 0.3) is 0 Å². The van der Waals surface area contributed by atoms with Gasteiger partial charge in [-0.2, -0.15) is 0 Å². The molecular weight excluding hydrogens is 287 g/mol. The minimum atomic E-state index is -0.858. The third-order valence-corrected chi connectivity index (χ3v) is 3.19. The third kappa shape index (κ3) is 8.94. The molecule has 0 atom stereocenters. The SMILES string of the molecule is O=C(O)CCCNC(=O)NCCCCCc1ccc(F)cc1. The second kappa shape index (κ2) is 10.6. The van der Waals surface area contributed by atoms with Gasteiger partial charge in [0.2, 0.25) is 0 Å². The summed E-state index contributed by atoms with van der Waals surface area (Å²) in [7, 11) is 0. The summed E-state index contributed by atoms with van der Waals surface area (Å²) in [5, 5.41) is 13.8. The standard InChI is InChI=1S/C16H23FN2O3/c17-14-9-7-13(8-10-14)5-2-1-3-11-18-16(22)19-12-4-6-15(20)21/h7-10H,1-6,11-12H2,(H,20,21)(H2,18,19,22). The molecule has 0 saturated heterocycles. The summed E-state index contributed by atoms with van der Waals surface area (Å²) in [6, 6.07) is 6.25. The molecule has 122 valence electrons. The lowest BCUT2D eigenvalue weighted by Gasteiger charge is -2.07. The fourth-order valence-electron chi connectivity index (χ4n) is 1.99. The van der Waals surface area contributed by atoms with Gasteiger partial charge in [-0.25, -0.2) is 9.18 Å². The van der Waals surface area contributed by atoms with E-state index in [0.717, 1.165) is 31.2 Å². The highest BCUT2D eigenvalue weighted by molar-refractivity contribution is 5.73. The minimum Gasteiger partial charge on any atom is -0.481 e. The van der Waals surface area contributed by atoms with Crippen LogP contribution in [0, 0.1) is 5.82 Å². The maximum absolute atomic E-state index is 12.7. The molecule has 2 amide bonds. The Morgan fingerprint density at radius 2 is 1.59 bits per heavy atom. The first kappa shape index (κ1) is 17.9. The average Bonchev–Trinajstić information content (AvgIpc) is 2.49. The summed E-state index contributed by atoms with van der Waals surface area (Å²) in [5.74, 6) is -1.08. The highest BCUT2D eigenvalue weighted by Gasteiger charge is 2.01. The number of unbranched alkanes of at least 4 members (excludes halogenated alkanes) is 2. The van der Waals surface area contributed by atoms with E-state index < -0.39 is 5.97 Å². The van der Waals surface area contributed by atoms with Crippen molar-refractivity contribution in [2.75, 3.05) is 13.1 Å². The van der Waals surface area contributed by atoms with Crippen molar-refractivity contribution in [2.45, 2.75) is 38.5 Å². The Balaban J connectivity index is 1.95. The van der Waals surface area contributed by atoms with Gasteiger partial charge in [0.1, 0.15) is 5.82 Å². The van der Waals surface area contributed by atoms with Gasteiger partial charge in [-0.1, -0.05) is 18.6 Å². The van der Waals surface area contributed by atoms with E-state index in [9.17, 15) is 14.0 Å². The van der Waals surface area contributed by atoms with E-state index in [4.69, 9.17) is 5.11 Å². The fourth-order valence-corrected chi connectivity index (χ4v) is 1.99. The van der Waals surface area contributed by atoms with Gasteiger partial charge < -0.3 is 15.7 Å². The molecule has 6 heteroatoms. The highest BCUT2D eigenvalue weighted by atomic mass is 19.1. The third-order valence-electron chi connectivity index (χ3n) is 3.19. The molecule has 0 fully saturated rings. The van der Waals surface area contributed by atoms with E-state index in [2.05, 4.69) is 10.6 Å². The van der Waals surface area contributed by atoms with E-state index in [1.807, 2.05) is 0 Å². The van der Waals surface area contributed by atoms with Crippen LogP contribution in [0.2, 0.25) is 0 Å². The van der Waals surface area contributed by atoms with Gasteiger partial charge in [0, 0.05) is 19.5 Å². The molecule has 1 aromatic carbocycles. The number of carbonyl (C=O) groups excluding carboxylic acids is 1.